The Morgan fingerprint density at radius 2 is 2.38 bits per heavy atom. The third kappa shape index (κ3) is 3.35. The van der Waals surface area contributed by atoms with Crippen LogP contribution in [0.4, 0.5) is 0 Å². The maximum absolute atomic E-state index is 12.4. The smallest absolute Gasteiger partial charge is 0.226 e. The van der Waals surface area contributed by atoms with E-state index >= 15 is 0 Å². The molecule has 1 aliphatic carbocycles. The van der Waals surface area contributed by atoms with Gasteiger partial charge < -0.3 is 9.47 Å². The van der Waals surface area contributed by atoms with Crippen molar-refractivity contribution in [1.82, 2.24) is 14.5 Å². The van der Waals surface area contributed by atoms with Crippen molar-refractivity contribution in [2.24, 2.45) is 5.92 Å². The van der Waals surface area contributed by atoms with E-state index in [-0.39, 0.29) is 5.92 Å². The van der Waals surface area contributed by atoms with Crippen LogP contribution >= 0.6 is 11.3 Å². The minimum Gasteiger partial charge on any atom is -0.345 e. The summed E-state index contributed by atoms with van der Waals surface area (Å²) in [5.74, 6) is 0.977. The third-order valence-electron chi connectivity index (χ3n) is 4.08. The Morgan fingerprint density at radius 1 is 1.52 bits per heavy atom. The number of aromatic nitrogens is 2. The minimum absolute atomic E-state index is 0.210. The molecule has 2 heterocycles. The molecular formula is C16H21N3OS. The fourth-order valence-corrected chi connectivity index (χ4v) is 3.79. The van der Waals surface area contributed by atoms with Crippen molar-refractivity contribution < 1.29 is 4.79 Å². The van der Waals surface area contributed by atoms with Crippen LogP contribution in [0.2, 0.25) is 0 Å². The normalized spacial score (nSPS) is 20.5. The molecule has 1 saturated carbocycles. The van der Waals surface area contributed by atoms with Gasteiger partial charge in [-0.15, -0.1) is 11.3 Å². The summed E-state index contributed by atoms with van der Waals surface area (Å²) in [6.45, 7) is 3.84. The molecule has 2 aromatic heterocycles. The summed E-state index contributed by atoms with van der Waals surface area (Å²) in [4.78, 5) is 21.0. The number of hydrogen-bond acceptors (Lipinski definition) is 3. The summed E-state index contributed by atoms with van der Waals surface area (Å²) in [6, 6.07) is 4.33. The molecule has 0 aliphatic heterocycles. The van der Waals surface area contributed by atoms with E-state index in [4.69, 9.17) is 0 Å². The first-order valence-corrected chi connectivity index (χ1v) is 8.24. The van der Waals surface area contributed by atoms with E-state index in [0.717, 1.165) is 25.9 Å². The maximum atomic E-state index is 12.4. The number of aryl methyl sites for hydroxylation is 2. The first-order chi connectivity index (χ1) is 10.1. The minimum atomic E-state index is 0.210. The Hall–Kier alpha value is -1.62. The molecule has 1 fully saturated rings. The standard InChI is InChI=1S/C16H21N3OS/c1-12-4-5-15(21-12)13-10-14(13)16(20)18(2)7-3-8-19-9-6-17-11-19/h4-6,9,11,13-14H,3,7-8,10H2,1-2H3/t13-,14-/m0/s1. The van der Waals surface area contributed by atoms with E-state index in [1.54, 1.807) is 6.20 Å². The lowest BCUT2D eigenvalue weighted by molar-refractivity contribution is -0.131. The van der Waals surface area contributed by atoms with Crippen LogP contribution in [-0.4, -0.2) is 34.0 Å². The molecule has 112 valence electrons. The van der Waals surface area contributed by atoms with Gasteiger partial charge in [0.15, 0.2) is 0 Å². The molecule has 21 heavy (non-hydrogen) atoms. The SMILES string of the molecule is Cc1ccc([C@H]2C[C@@H]2C(=O)N(C)CCCn2ccnc2)s1. The maximum Gasteiger partial charge on any atom is 0.226 e. The van der Waals surface area contributed by atoms with E-state index in [9.17, 15) is 4.79 Å². The second-order valence-electron chi connectivity index (χ2n) is 5.81. The van der Waals surface area contributed by atoms with Crippen LogP contribution in [0, 0.1) is 12.8 Å². The van der Waals surface area contributed by atoms with Crippen LogP contribution in [0.3, 0.4) is 0 Å². The molecule has 1 amide bonds. The summed E-state index contributed by atoms with van der Waals surface area (Å²) in [5.41, 5.74) is 0. The van der Waals surface area contributed by atoms with Crippen LogP contribution in [0.1, 0.15) is 28.5 Å². The van der Waals surface area contributed by atoms with Crippen LogP contribution in [0.25, 0.3) is 0 Å². The Kier molecular flexibility index (Phi) is 4.10. The van der Waals surface area contributed by atoms with E-state index in [0.29, 0.717) is 11.8 Å². The summed E-state index contributed by atoms with van der Waals surface area (Å²) in [7, 11) is 1.92. The second kappa shape index (κ2) is 6.02. The average molecular weight is 303 g/mol. The predicted octanol–water partition coefficient (Wildman–Crippen LogP) is 2.91. The zero-order chi connectivity index (χ0) is 14.8. The average Bonchev–Trinajstić information content (AvgIpc) is 2.87. The van der Waals surface area contributed by atoms with Gasteiger partial charge in [0.1, 0.15) is 0 Å². The highest BCUT2D eigenvalue weighted by molar-refractivity contribution is 7.12. The fraction of sp³-hybridized carbons (Fsp3) is 0.500. The van der Waals surface area contributed by atoms with Gasteiger partial charge >= 0.3 is 0 Å². The Labute approximate surface area is 129 Å². The number of thiophene rings is 1. The number of carbonyl (C=O) groups excluding carboxylic acids is 1. The molecule has 0 N–H and O–H groups in total. The molecule has 0 spiro atoms. The lowest BCUT2D eigenvalue weighted by atomic mass is 10.2. The predicted molar refractivity (Wildman–Crippen MR) is 84.4 cm³/mol. The molecule has 0 bridgehead atoms. The molecular weight excluding hydrogens is 282 g/mol. The molecule has 0 aromatic carbocycles. The molecule has 0 radical (unpaired) electrons. The topological polar surface area (TPSA) is 38.1 Å². The molecule has 3 rings (SSSR count). The molecule has 0 unspecified atom stereocenters. The quantitative estimate of drug-likeness (QED) is 0.823. The third-order valence-corrected chi connectivity index (χ3v) is 5.21. The highest BCUT2D eigenvalue weighted by Gasteiger charge is 2.45. The van der Waals surface area contributed by atoms with Crippen molar-refractivity contribution in [3.8, 4) is 0 Å². The lowest BCUT2D eigenvalue weighted by Gasteiger charge is -2.17. The van der Waals surface area contributed by atoms with E-state index in [2.05, 4.69) is 24.0 Å². The number of rotatable bonds is 6. The molecule has 2 atom stereocenters. The van der Waals surface area contributed by atoms with Crippen molar-refractivity contribution in [3.05, 3.63) is 40.6 Å². The van der Waals surface area contributed by atoms with Crippen molar-refractivity contribution in [2.45, 2.75) is 32.2 Å². The summed E-state index contributed by atoms with van der Waals surface area (Å²) in [5, 5.41) is 0. The number of hydrogen-bond donors (Lipinski definition) is 0. The van der Waals surface area contributed by atoms with Crippen LogP contribution < -0.4 is 0 Å². The van der Waals surface area contributed by atoms with Gasteiger partial charge in [0.05, 0.1) is 6.33 Å². The van der Waals surface area contributed by atoms with Crippen molar-refractivity contribution in [1.29, 1.82) is 0 Å². The zero-order valence-electron chi connectivity index (χ0n) is 12.5. The van der Waals surface area contributed by atoms with Gasteiger partial charge in [-0.3, -0.25) is 4.79 Å². The van der Waals surface area contributed by atoms with Crippen molar-refractivity contribution >= 4 is 17.2 Å². The van der Waals surface area contributed by atoms with Gasteiger partial charge in [0.2, 0.25) is 5.91 Å². The molecule has 5 heteroatoms. The number of imidazole rings is 1. The molecule has 2 aromatic rings. The fourth-order valence-electron chi connectivity index (χ4n) is 2.74. The monoisotopic (exact) mass is 303 g/mol. The number of nitrogens with zero attached hydrogens (tertiary/aromatic N) is 3. The van der Waals surface area contributed by atoms with Gasteiger partial charge in [-0.05, 0) is 31.9 Å². The molecule has 4 nitrogen and oxygen atoms in total. The molecule has 0 saturated heterocycles. The van der Waals surface area contributed by atoms with Crippen molar-refractivity contribution in [2.75, 3.05) is 13.6 Å². The van der Waals surface area contributed by atoms with E-state index in [1.807, 2.05) is 40.4 Å². The molecule has 1 aliphatic rings. The van der Waals surface area contributed by atoms with E-state index < -0.39 is 0 Å². The Balaban J connectivity index is 1.45. The van der Waals surface area contributed by atoms with Crippen molar-refractivity contribution in [3.63, 3.8) is 0 Å². The lowest BCUT2D eigenvalue weighted by Crippen LogP contribution is -2.30. The van der Waals surface area contributed by atoms with Crippen LogP contribution in [-0.2, 0) is 11.3 Å². The van der Waals surface area contributed by atoms with E-state index in [1.165, 1.54) is 9.75 Å². The zero-order valence-corrected chi connectivity index (χ0v) is 13.3. The summed E-state index contributed by atoms with van der Waals surface area (Å²) < 4.78 is 2.05. The summed E-state index contributed by atoms with van der Waals surface area (Å²) >= 11 is 1.83. The number of amides is 1. The van der Waals surface area contributed by atoms with Crippen LogP contribution in [0.15, 0.2) is 30.9 Å². The number of carbonyl (C=O) groups is 1. The second-order valence-corrected chi connectivity index (χ2v) is 7.13. The van der Waals surface area contributed by atoms with Gasteiger partial charge in [-0.2, -0.15) is 0 Å². The Morgan fingerprint density at radius 3 is 3.05 bits per heavy atom. The van der Waals surface area contributed by atoms with Gasteiger partial charge in [-0.1, -0.05) is 0 Å². The van der Waals surface area contributed by atoms with Gasteiger partial charge in [0, 0.05) is 54.1 Å². The van der Waals surface area contributed by atoms with Gasteiger partial charge in [-0.25, -0.2) is 4.98 Å². The van der Waals surface area contributed by atoms with Crippen LogP contribution in [0.5, 0.6) is 0 Å². The van der Waals surface area contributed by atoms with Gasteiger partial charge in [0.25, 0.3) is 0 Å². The highest BCUT2D eigenvalue weighted by Crippen LogP contribution is 2.50. The summed E-state index contributed by atoms with van der Waals surface area (Å²) in [6.07, 6.45) is 7.54. The first-order valence-electron chi connectivity index (χ1n) is 7.42. The highest BCUT2D eigenvalue weighted by atomic mass is 32.1. The Bertz CT molecular complexity index is 605. The first kappa shape index (κ1) is 14.3. The largest absolute Gasteiger partial charge is 0.345 e.